The van der Waals surface area contributed by atoms with Gasteiger partial charge in [0.05, 0.1) is 6.20 Å². The van der Waals surface area contributed by atoms with Crippen LogP contribution in [0.4, 0.5) is 0 Å². The minimum Gasteiger partial charge on any atom is -0.302 e. The topological polar surface area (TPSA) is 62.6 Å². The highest BCUT2D eigenvalue weighted by Gasteiger charge is 2.17. The Morgan fingerprint density at radius 1 is 1.11 bits per heavy atom. The number of fused-ring (bicyclic) bond motifs is 2. The van der Waals surface area contributed by atoms with Gasteiger partial charge in [0, 0.05) is 48.5 Å². The molecule has 142 valence electrons. The molecule has 3 aromatic heterocycles. The van der Waals surface area contributed by atoms with E-state index in [1.54, 1.807) is 0 Å². The van der Waals surface area contributed by atoms with Crippen molar-refractivity contribution in [2.24, 2.45) is 0 Å². The van der Waals surface area contributed by atoms with Crippen LogP contribution in [0.5, 0.6) is 0 Å². The van der Waals surface area contributed by atoms with Gasteiger partial charge in [0.25, 0.3) is 0 Å². The number of aromatic nitrogens is 5. The zero-order chi connectivity index (χ0) is 19.3. The van der Waals surface area contributed by atoms with Gasteiger partial charge in [0.15, 0.2) is 5.65 Å². The van der Waals surface area contributed by atoms with E-state index < -0.39 is 0 Å². The largest absolute Gasteiger partial charge is 0.302 e. The quantitative estimate of drug-likeness (QED) is 0.594. The van der Waals surface area contributed by atoms with Crippen LogP contribution in [-0.2, 0) is 19.5 Å². The summed E-state index contributed by atoms with van der Waals surface area (Å²) in [5.74, 6) is 0. The van der Waals surface area contributed by atoms with E-state index >= 15 is 0 Å². The highest BCUT2D eigenvalue weighted by atomic mass is 15.3. The highest BCUT2D eigenvalue weighted by molar-refractivity contribution is 5.93. The van der Waals surface area contributed by atoms with E-state index in [9.17, 15) is 0 Å². The van der Waals surface area contributed by atoms with Crippen molar-refractivity contribution in [1.29, 1.82) is 0 Å². The number of benzene rings is 1. The lowest BCUT2D eigenvalue weighted by molar-refractivity contribution is 0.312. The van der Waals surface area contributed by atoms with Crippen LogP contribution in [0.25, 0.3) is 33.4 Å². The molecular weight excluding hydrogens is 348 g/mol. The van der Waals surface area contributed by atoms with Crippen molar-refractivity contribution in [3.8, 4) is 22.4 Å². The molecule has 1 aliphatic rings. The van der Waals surface area contributed by atoms with Gasteiger partial charge in [-0.25, -0.2) is 4.98 Å². The molecule has 0 bridgehead atoms. The second kappa shape index (κ2) is 6.56. The highest BCUT2D eigenvalue weighted by Crippen LogP contribution is 2.32. The average molecular weight is 372 g/mol. The van der Waals surface area contributed by atoms with Crippen LogP contribution in [0.2, 0.25) is 0 Å². The molecule has 6 nitrogen and oxygen atoms in total. The van der Waals surface area contributed by atoms with E-state index in [0.29, 0.717) is 0 Å². The third kappa shape index (κ3) is 2.81. The Labute approximate surface area is 164 Å². The van der Waals surface area contributed by atoms with Crippen LogP contribution in [0, 0.1) is 6.92 Å². The molecular formula is C22H24N6. The van der Waals surface area contributed by atoms with Gasteiger partial charge in [-0.1, -0.05) is 6.07 Å². The first-order valence-electron chi connectivity index (χ1n) is 9.80. The molecule has 0 amide bonds. The number of nitrogens with one attached hydrogen (secondary N) is 1. The maximum Gasteiger partial charge on any atom is 0.155 e. The first kappa shape index (κ1) is 17.1. The van der Waals surface area contributed by atoms with Crippen LogP contribution in [0.1, 0.15) is 23.6 Å². The molecule has 0 aliphatic carbocycles. The van der Waals surface area contributed by atoms with Crippen molar-refractivity contribution in [3.63, 3.8) is 0 Å². The predicted octanol–water partition coefficient (Wildman–Crippen LogP) is 3.80. The molecule has 1 aliphatic heterocycles. The van der Waals surface area contributed by atoms with E-state index in [1.807, 2.05) is 23.3 Å². The zero-order valence-electron chi connectivity index (χ0n) is 16.5. The molecule has 0 unspecified atom stereocenters. The van der Waals surface area contributed by atoms with Gasteiger partial charge in [-0.2, -0.15) is 10.2 Å². The monoisotopic (exact) mass is 372 g/mol. The fourth-order valence-corrected chi connectivity index (χ4v) is 4.17. The van der Waals surface area contributed by atoms with Crippen molar-refractivity contribution in [2.45, 2.75) is 33.4 Å². The summed E-state index contributed by atoms with van der Waals surface area (Å²) >= 11 is 0. The molecule has 4 aromatic rings. The summed E-state index contributed by atoms with van der Waals surface area (Å²) in [6.07, 6.45) is 6.96. The molecule has 0 saturated carbocycles. The summed E-state index contributed by atoms with van der Waals surface area (Å²) in [5, 5.41) is 13.0. The minimum absolute atomic E-state index is 0.803. The normalized spacial score (nSPS) is 14.5. The van der Waals surface area contributed by atoms with Gasteiger partial charge < -0.3 is 4.90 Å². The number of aromatic amines is 1. The Bertz CT molecular complexity index is 1170. The molecule has 0 saturated heterocycles. The van der Waals surface area contributed by atoms with Gasteiger partial charge in [-0.15, -0.1) is 0 Å². The standard InChI is InChI=1S/C22H24N6/c1-4-28-13-18(11-24-28)21-20-9-16(10-23-22(20)26-25-21)15-7-14(2)19-5-6-27(3)12-17(19)8-15/h7-11,13H,4-6,12H2,1-3H3,(H,23,25,26). The Balaban J connectivity index is 1.61. The zero-order valence-corrected chi connectivity index (χ0v) is 16.5. The van der Waals surface area contributed by atoms with Crippen LogP contribution >= 0.6 is 0 Å². The first-order chi connectivity index (χ1) is 13.6. The van der Waals surface area contributed by atoms with Crippen molar-refractivity contribution in [3.05, 3.63) is 53.5 Å². The SMILES string of the molecule is CCn1cc(-c2n[nH]c3ncc(-c4cc(C)c5c(c4)CN(C)CC5)cc23)cn1. The molecule has 0 atom stereocenters. The van der Waals surface area contributed by atoms with Crippen molar-refractivity contribution >= 4 is 11.0 Å². The van der Waals surface area contributed by atoms with Crippen molar-refractivity contribution in [1.82, 2.24) is 29.9 Å². The summed E-state index contributed by atoms with van der Waals surface area (Å²) in [4.78, 5) is 7.01. The van der Waals surface area contributed by atoms with Gasteiger partial charge in [0.2, 0.25) is 0 Å². The van der Waals surface area contributed by atoms with E-state index in [2.05, 4.69) is 64.3 Å². The van der Waals surface area contributed by atoms with E-state index in [1.165, 1.54) is 22.3 Å². The van der Waals surface area contributed by atoms with E-state index in [4.69, 9.17) is 0 Å². The summed E-state index contributed by atoms with van der Waals surface area (Å²) in [7, 11) is 2.19. The minimum atomic E-state index is 0.803. The molecule has 28 heavy (non-hydrogen) atoms. The Morgan fingerprint density at radius 2 is 2.00 bits per heavy atom. The lowest BCUT2D eigenvalue weighted by atomic mass is 9.91. The molecule has 5 rings (SSSR count). The molecule has 1 N–H and O–H groups in total. The number of hydrogen-bond donors (Lipinski definition) is 1. The van der Waals surface area contributed by atoms with Gasteiger partial charge >= 0.3 is 0 Å². The average Bonchev–Trinajstić information content (AvgIpc) is 3.33. The second-order valence-corrected chi connectivity index (χ2v) is 7.70. The van der Waals surface area contributed by atoms with Crippen LogP contribution in [0.3, 0.4) is 0 Å². The lowest BCUT2D eigenvalue weighted by Gasteiger charge is -2.27. The number of aryl methyl sites for hydroxylation is 2. The molecule has 6 heteroatoms. The lowest BCUT2D eigenvalue weighted by Crippen LogP contribution is -2.27. The fraction of sp³-hybridized carbons (Fsp3) is 0.318. The second-order valence-electron chi connectivity index (χ2n) is 7.70. The number of H-pyrrole nitrogens is 1. The first-order valence-corrected chi connectivity index (χ1v) is 9.80. The summed E-state index contributed by atoms with van der Waals surface area (Å²) in [6, 6.07) is 6.82. The Kier molecular flexibility index (Phi) is 4.02. The Hall–Kier alpha value is -2.99. The van der Waals surface area contributed by atoms with Gasteiger partial charge in [-0.05, 0) is 61.7 Å². The maximum atomic E-state index is 4.63. The van der Waals surface area contributed by atoms with Crippen molar-refractivity contribution < 1.29 is 0 Å². The third-order valence-electron chi connectivity index (χ3n) is 5.73. The smallest absolute Gasteiger partial charge is 0.155 e. The molecule has 0 spiro atoms. The molecule has 1 aromatic carbocycles. The van der Waals surface area contributed by atoms with Crippen LogP contribution in [-0.4, -0.2) is 43.5 Å². The molecule has 4 heterocycles. The van der Waals surface area contributed by atoms with E-state index in [0.717, 1.165) is 53.9 Å². The van der Waals surface area contributed by atoms with Crippen LogP contribution in [0.15, 0.2) is 36.8 Å². The number of nitrogens with zero attached hydrogens (tertiary/aromatic N) is 5. The summed E-state index contributed by atoms with van der Waals surface area (Å²) in [6.45, 7) is 7.28. The van der Waals surface area contributed by atoms with Crippen molar-refractivity contribution in [2.75, 3.05) is 13.6 Å². The van der Waals surface area contributed by atoms with Crippen LogP contribution < -0.4 is 0 Å². The number of hydrogen-bond acceptors (Lipinski definition) is 4. The number of likely N-dealkylation sites (N-methyl/N-ethyl adjacent to an activating group) is 1. The maximum absolute atomic E-state index is 4.63. The van der Waals surface area contributed by atoms with Gasteiger partial charge in [0.1, 0.15) is 5.69 Å². The predicted molar refractivity (Wildman–Crippen MR) is 111 cm³/mol. The Morgan fingerprint density at radius 3 is 2.82 bits per heavy atom. The number of rotatable bonds is 3. The summed E-state index contributed by atoms with van der Waals surface area (Å²) < 4.78 is 1.91. The molecule has 0 fully saturated rings. The molecule has 0 radical (unpaired) electrons. The van der Waals surface area contributed by atoms with E-state index in [-0.39, 0.29) is 0 Å². The number of pyridine rings is 1. The van der Waals surface area contributed by atoms with Gasteiger partial charge in [-0.3, -0.25) is 9.78 Å². The summed E-state index contributed by atoms with van der Waals surface area (Å²) in [5.41, 5.74) is 9.37. The fourth-order valence-electron chi connectivity index (χ4n) is 4.17. The third-order valence-corrected chi connectivity index (χ3v) is 5.73.